The van der Waals surface area contributed by atoms with E-state index in [2.05, 4.69) is 5.32 Å². The summed E-state index contributed by atoms with van der Waals surface area (Å²) >= 11 is 0. The second-order valence-corrected chi connectivity index (χ2v) is 5.52. The first-order chi connectivity index (χ1) is 10.5. The number of rotatable bonds is 5. The zero-order chi connectivity index (χ0) is 16.1. The van der Waals surface area contributed by atoms with Crippen molar-refractivity contribution in [2.24, 2.45) is 0 Å². The Balaban J connectivity index is 1.96. The summed E-state index contributed by atoms with van der Waals surface area (Å²) in [7, 11) is 0. The summed E-state index contributed by atoms with van der Waals surface area (Å²) in [6.45, 7) is 3.56. The molecule has 1 amide bonds. The second kappa shape index (κ2) is 7.18. The number of benzene rings is 2. The molecular weight excluding hydrogens is 281 g/mol. The Kier molecular flexibility index (Phi) is 5.28. The number of aryl methyl sites for hydroxylation is 1. The molecule has 0 bridgehead atoms. The van der Waals surface area contributed by atoms with Crippen molar-refractivity contribution in [2.75, 3.05) is 0 Å². The summed E-state index contributed by atoms with van der Waals surface area (Å²) in [6, 6.07) is 13.5. The highest BCUT2D eigenvalue weighted by molar-refractivity contribution is 5.94. The van der Waals surface area contributed by atoms with Crippen LogP contribution in [-0.2, 0) is 0 Å². The first kappa shape index (κ1) is 16.2. The summed E-state index contributed by atoms with van der Waals surface area (Å²) in [5, 5.41) is 12.9. The largest absolute Gasteiger partial charge is 0.388 e. The average Bonchev–Trinajstić information content (AvgIpc) is 2.47. The molecule has 2 rings (SSSR count). The minimum absolute atomic E-state index is 0.0200. The Hall–Kier alpha value is -2.20. The minimum Gasteiger partial charge on any atom is -0.388 e. The third-order valence-electron chi connectivity index (χ3n) is 3.51. The number of carbonyl (C=O) groups is 1. The van der Waals surface area contributed by atoms with E-state index in [1.807, 2.05) is 30.3 Å². The van der Waals surface area contributed by atoms with E-state index >= 15 is 0 Å². The molecule has 22 heavy (non-hydrogen) atoms. The number of hydrogen-bond acceptors (Lipinski definition) is 2. The van der Waals surface area contributed by atoms with Gasteiger partial charge in [0, 0.05) is 6.04 Å². The SMILES string of the molecule is Cc1ccc(C(=O)NC(C)CC(O)c2ccccc2)c(F)c1. The molecular formula is C18H20FNO2. The Bertz CT molecular complexity index is 643. The van der Waals surface area contributed by atoms with E-state index < -0.39 is 17.8 Å². The molecule has 2 aromatic carbocycles. The summed E-state index contributed by atoms with van der Waals surface area (Å²) < 4.78 is 13.8. The third kappa shape index (κ3) is 4.15. The van der Waals surface area contributed by atoms with Gasteiger partial charge in [0.1, 0.15) is 5.82 Å². The van der Waals surface area contributed by atoms with E-state index in [-0.39, 0.29) is 11.6 Å². The molecule has 4 heteroatoms. The van der Waals surface area contributed by atoms with Gasteiger partial charge in [0.2, 0.25) is 0 Å². The molecule has 2 aromatic rings. The van der Waals surface area contributed by atoms with Gasteiger partial charge in [-0.2, -0.15) is 0 Å². The second-order valence-electron chi connectivity index (χ2n) is 5.52. The van der Waals surface area contributed by atoms with Crippen LogP contribution in [0, 0.1) is 12.7 Å². The summed E-state index contributed by atoms with van der Waals surface area (Å²) in [5.41, 5.74) is 1.58. The van der Waals surface area contributed by atoms with Crippen molar-refractivity contribution in [1.82, 2.24) is 5.32 Å². The molecule has 0 aliphatic rings. The van der Waals surface area contributed by atoms with Crippen LogP contribution >= 0.6 is 0 Å². The van der Waals surface area contributed by atoms with Crippen molar-refractivity contribution in [2.45, 2.75) is 32.4 Å². The fourth-order valence-electron chi connectivity index (χ4n) is 2.31. The van der Waals surface area contributed by atoms with Crippen molar-refractivity contribution < 1.29 is 14.3 Å². The van der Waals surface area contributed by atoms with E-state index in [1.54, 1.807) is 19.9 Å². The number of amides is 1. The molecule has 0 heterocycles. The minimum atomic E-state index is -0.667. The number of halogens is 1. The zero-order valence-corrected chi connectivity index (χ0v) is 12.7. The van der Waals surface area contributed by atoms with E-state index in [1.165, 1.54) is 12.1 Å². The standard InChI is InChI=1S/C18H20FNO2/c1-12-8-9-15(16(19)10-12)18(22)20-13(2)11-17(21)14-6-4-3-5-7-14/h3-10,13,17,21H,11H2,1-2H3,(H,20,22). The molecule has 0 radical (unpaired) electrons. The molecule has 0 fully saturated rings. The van der Waals surface area contributed by atoms with Crippen molar-refractivity contribution in [1.29, 1.82) is 0 Å². The van der Waals surface area contributed by atoms with Crippen molar-refractivity contribution in [3.63, 3.8) is 0 Å². The Morgan fingerprint density at radius 3 is 2.55 bits per heavy atom. The van der Waals surface area contributed by atoms with Crippen LogP contribution in [0.25, 0.3) is 0 Å². The van der Waals surface area contributed by atoms with Gasteiger partial charge in [0.05, 0.1) is 11.7 Å². The van der Waals surface area contributed by atoms with Gasteiger partial charge in [-0.05, 0) is 43.5 Å². The van der Waals surface area contributed by atoms with E-state index in [0.717, 1.165) is 11.1 Å². The van der Waals surface area contributed by atoms with Crippen molar-refractivity contribution in [3.05, 3.63) is 71.0 Å². The third-order valence-corrected chi connectivity index (χ3v) is 3.51. The van der Waals surface area contributed by atoms with Crippen LogP contribution in [0.15, 0.2) is 48.5 Å². The Labute approximate surface area is 129 Å². The smallest absolute Gasteiger partial charge is 0.254 e. The average molecular weight is 301 g/mol. The lowest BCUT2D eigenvalue weighted by Gasteiger charge is -2.18. The van der Waals surface area contributed by atoms with Crippen molar-refractivity contribution in [3.8, 4) is 0 Å². The molecule has 0 aliphatic carbocycles. The summed E-state index contributed by atoms with van der Waals surface area (Å²) in [5.74, 6) is -1.00. The predicted octanol–water partition coefficient (Wildman–Crippen LogP) is 3.38. The van der Waals surface area contributed by atoms with Crippen LogP contribution in [0.5, 0.6) is 0 Å². The van der Waals surface area contributed by atoms with E-state index in [0.29, 0.717) is 6.42 Å². The van der Waals surface area contributed by atoms with Gasteiger partial charge in [-0.15, -0.1) is 0 Å². The van der Waals surface area contributed by atoms with Gasteiger partial charge in [0.25, 0.3) is 5.91 Å². The molecule has 3 nitrogen and oxygen atoms in total. The highest BCUT2D eigenvalue weighted by Gasteiger charge is 2.17. The maximum Gasteiger partial charge on any atom is 0.254 e. The lowest BCUT2D eigenvalue weighted by molar-refractivity contribution is 0.0913. The van der Waals surface area contributed by atoms with Gasteiger partial charge in [0.15, 0.2) is 0 Å². The molecule has 0 saturated carbocycles. The molecule has 0 spiro atoms. The first-order valence-corrected chi connectivity index (χ1v) is 7.27. The van der Waals surface area contributed by atoms with Crippen LogP contribution in [0.4, 0.5) is 4.39 Å². The molecule has 0 saturated heterocycles. The molecule has 2 unspecified atom stereocenters. The number of nitrogens with one attached hydrogen (secondary N) is 1. The fraction of sp³-hybridized carbons (Fsp3) is 0.278. The lowest BCUT2D eigenvalue weighted by atomic mass is 10.0. The molecule has 116 valence electrons. The van der Waals surface area contributed by atoms with Crippen LogP contribution in [0.1, 0.15) is 40.9 Å². The van der Waals surface area contributed by atoms with Crippen LogP contribution in [0.3, 0.4) is 0 Å². The Morgan fingerprint density at radius 2 is 1.91 bits per heavy atom. The van der Waals surface area contributed by atoms with Crippen LogP contribution < -0.4 is 5.32 Å². The van der Waals surface area contributed by atoms with Crippen LogP contribution in [-0.4, -0.2) is 17.1 Å². The normalized spacial score (nSPS) is 13.5. The quantitative estimate of drug-likeness (QED) is 0.889. The number of carbonyl (C=O) groups excluding carboxylic acids is 1. The van der Waals surface area contributed by atoms with Gasteiger partial charge in [-0.25, -0.2) is 4.39 Å². The monoisotopic (exact) mass is 301 g/mol. The zero-order valence-electron chi connectivity index (χ0n) is 12.7. The van der Waals surface area contributed by atoms with E-state index in [9.17, 15) is 14.3 Å². The number of aliphatic hydroxyl groups excluding tert-OH is 1. The van der Waals surface area contributed by atoms with Gasteiger partial charge in [-0.3, -0.25) is 4.79 Å². The number of hydrogen-bond donors (Lipinski definition) is 2. The lowest BCUT2D eigenvalue weighted by Crippen LogP contribution is -2.34. The molecule has 2 N–H and O–H groups in total. The van der Waals surface area contributed by atoms with Crippen molar-refractivity contribution >= 4 is 5.91 Å². The Morgan fingerprint density at radius 1 is 1.23 bits per heavy atom. The predicted molar refractivity (Wildman–Crippen MR) is 84.1 cm³/mol. The first-order valence-electron chi connectivity index (χ1n) is 7.27. The van der Waals surface area contributed by atoms with Crippen LogP contribution in [0.2, 0.25) is 0 Å². The maximum absolute atomic E-state index is 13.8. The molecule has 0 aromatic heterocycles. The van der Waals surface area contributed by atoms with Gasteiger partial charge in [-0.1, -0.05) is 36.4 Å². The van der Waals surface area contributed by atoms with E-state index in [4.69, 9.17) is 0 Å². The fourth-order valence-corrected chi connectivity index (χ4v) is 2.31. The highest BCUT2D eigenvalue weighted by Crippen LogP contribution is 2.18. The molecule has 2 atom stereocenters. The molecule has 0 aliphatic heterocycles. The van der Waals surface area contributed by atoms with Gasteiger partial charge < -0.3 is 10.4 Å². The van der Waals surface area contributed by atoms with Gasteiger partial charge >= 0.3 is 0 Å². The summed E-state index contributed by atoms with van der Waals surface area (Å²) in [4.78, 5) is 12.1. The topological polar surface area (TPSA) is 49.3 Å². The maximum atomic E-state index is 13.8. The highest BCUT2D eigenvalue weighted by atomic mass is 19.1. The number of aliphatic hydroxyl groups is 1. The summed E-state index contributed by atoms with van der Waals surface area (Å²) in [6.07, 6.45) is -0.303.